The first-order valence-electron chi connectivity index (χ1n) is 8.79. The lowest BCUT2D eigenvalue weighted by Gasteiger charge is -2.35. The van der Waals surface area contributed by atoms with Gasteiger partial charge in [-0.3, -0.25) is 9.59 Å². The van der Waals surface area contributed by atoms with Crippen LogP contribution in [0.3, 0.4) is 0 Å². The number of hydrogen-bond acceptors (Lipinski definition) is 4. The van der Waals surface area contributed by atoms with Crippen LogP contribution in [0, 0.1) is 23.2 Å². The Labute approximate surface area is 147 Å². The summed E-state index contributed by atoms with van der Waals surface area (Å²) in [6.45, 7) is 18.5. The van der Waals surface area contributed by atoms with Gasteiger partial charge in [-0.15, -0.1) is 6.58 Å². The Morgan fingerprint density at radius 1 is 1.12 bits per heavy atom. The molecule has 0 radical (unpaired) electrons. The van der Waals surface area contributed by atoms with Gasteiger partial charge >= 0.3 is 5.97 Å². The van der Waals surface area contributed by atoms with E-state index in [1.165, 1.54) is 0 Å². The first-order valence-corrected chi connectivity index (χ1v) is 8.79. The Hall–Kier alpha value is -1.16. The number of esters is 1. The highest BCUT2D eigenvalue weighted by Gasteiger charge is 2.41. The van der Waals surface area contributed by atoms with Crippen LogP contribution in [0.4, 0.5) is 0 Å². The van der Waals surface area contributed by atoms with E-state index in [9.17, 15) is 14.7 Å². The number of carbonyl (C=O) groups is 2. The summed E-state index contributed by atoms with van der Waals surface area (Å²) in [6.07, 6.45) is 1.46. The quantitative estimate of drug-likeness (QED) is 0.506. The Kier molecular flexibility index (Phi) is 8.37. The zero-order chi connectivity index (χ0) is 19.3. The van der Waals surface area contributed by atoms with Crippen molar-refractivity contribution in [1.29, 1.82) is 0 Å². The number of hydrogen-bond donors (Lipinski definition) is 1. The molecule has 4 atom stereocenters. The SMILES string of the molecule is C=CC[C@H](C)C(C)C(C)C(=O)C(C)(C)C(O)CC(=O)OC(C)(C)C. The molecule has 0 bridgehead atoms. The molecule has 3 unspecified atom stereocenters. The molecule has 4 nitrogen and oxygen atoms in total. The smallest absolute Gasteiger partial charge is 0.308 e. The lowest BCUT2D eigenvalue weighted by molar-refractivity contribution is -0.160. The van der Waals surface area contributed by atoms with Gasteiger partial charge in [-0.05, 0) is 39.0 Å². The first-order chi connectivity index (χ1) is 10.7. The summed E-state index contributed by atoms with van der Waals surface area (Å²) in [5.41, 5.74) is -1.61. The van der Waals surface area contributed by atoms with E-state index < -0.39 is 23.1 Å². The number of carbonyl (C=O) groups excluding carboxylic acids is 2. The van der Waals surface area contributed by atoms with E-state index in [1.54, 1.807) is 34.6 Å². The fourth-order valence-corrected chi connectivity index (χ4v) is 2.76. The second-order valence-electron chi connectivity index (χ2n) is 8.54. The van der Waals surface area contributed by atoms with Crippen molar-refractivity contribution in [1.82, 2.24) is 0 Å². The number of aliphatic hydroxyl groups is 1. The summed E-state index contributed by atoms with van der Waals surface area (Å²) >= 11 is 0. The summed E-state index contributed by atoms with van der Waals surface area (Å²) in [7, 11) is 0. The molecule has 0 aliphatic heterocycles. The van der Waals surface area contributed by atoms with Crippen LogP contribution in [0.25, 0.3) is 0 Å². The molecule has 0 rings (SSSR count). The fourth-order valence-electron chi connectivity index (χ4n) is 2.76. The molecule has 140 valence electrons. The van der Waals surface area contributed by atoms with E-state index in [0.29, 0.717) is 5.92 Å². The zero-order valence-electron chi connectivity index (χ0n) is 16.7. The molecule has 24 heavy (non-hydrogen) atoms. The van der Waals surface area contributed by atoms with Crippen LogP contribution in [0.5, 0.6) is 0 Å². The molecule has 1 N–H and O–H groups in total. The highest BCUT2D eigenvalue weighted by atomic mass is 16.6. The van der Waals surface area contributed by atoms with Crippen molar-refractivity contribution in [3.05, 3.63) is 12.7 Å². The standard InChI is InChI=1S/C20H36O4/c1-10-11-13(2)14(3)15(4)18(23)20(8,9)16(21)12-17(22)24-19(5,6)7/h10,13-16,21H,1,11-12H2,2-9H3/t13-,14?,15?,16?/m0/s1. The molecule has 0 saturated carbocycles. The third-order valence-corrected chi connectivity index (χ3v) is 4.89. The molecule has 0 aliphatic carbocycles. The first kappa shape index (κ1) is 22.8. The highest BCUT2D eigenvalue weighted by molar-refractivity contribution is 5.87. The van der Waals surface area contributed by atoms with Crippen molar-refractivity contribution in [3.63, 3.8) is 0 Å². The number of rotatable bonds is 9. The van der Waals surface area contributed by atoms with Gasteiger partial charge in [-0.25, -0.2) is 0 Å². The predicted molar refractivity (Wildman–Crippen MR) is 97.6 cm³/mol. The topological polar surface area (TPSA) is 63.6 Å². The Morgan fingerprint density at radius 3 is 2.04 bits per heavy atom. The van der Waals surface area contributed by atoms with Gasteiger partial charge in [0, 0.05) is 5.92 Å². The maximum atomic E-state index is 12.9. The summed E-state index contributed by atoms with van der Waals surface area (Å²) in [6, 6.07) is 0. The van der Waals surface area contributed by atoms with Gasteiger partial charge in [-0.2, -0.15) is 0 Å². The maximum Gasteiger partial charge on any atom is 0.308 e. The number of ketones is 1. The largest absolute Gasteiger partial charge is 0.460 e. The van der Waals surface area contributed by atoms with Crippen LogP contribution < -0.4 is 0 Å². The summed E-state index contributed by atoms with van der Waals surface area (Å²) in [5, 5.41) is 10.4. The van der Waals surface area contributed by atoms with E-state index >= 15 is 0 Å². The Bertz CT molecular complexity index is 445. The van der Waals surface area contributed by atoms with Crippen LogP contribution in [0.15, 0.2) is 12.7 Å². The summed E-state index contributed by atoms with van der Waals surface area (Å²) in [4.78, 5) is 24.8. The van der Waals surface area contributed by atoms with Crippen LogP contribution >= 0.6 is 0 Å². The van der Waals surface area contributed by atoms with Gasteiger partial charge in [0.25, 0.3) is 0 Å². The second kappa shape index (κ2) is 8.80. The number of aliphatic hydroxyl groups excluding tert-OH is 1. The van der Waals surface area contributed by atoms with E-state index in [-0.39, 0.29) is 24.0 Å². The maximum absolute atomic E-state index is 12.9. The van der Waals surface area contributed by atoms with E-state index in [1.807, 2.05) is 19.9 Å². The number of allylic oxidation sites excluding steroid dienone is 1. The molecule has 0 aromatic rings. The van der Waals surface area contributed by atoms with Crippen LogP contribution in [-0.4, -0.2) is 28.6 Å². The van der Waals surface area contributed by atoms with Gasteiger partial charge in [0.1, 0.15) is 11.4 Å². The molecule has 0 saturated heterocycles. The van der Waals surface area contributed by atoms with Crippen LogP contribution in [0.1, 0.15) is 68.2 Å². The lowest BCUT2D eigenvalue weighted by atomic mass is 9.70. The van der Waals surface area contributed by atoms with Gasteiger partial charge in [0.2, 0.25) is 0 Å². The Balaban J connectivity index is 4.98. The molecular formula is C20H36O4. The van der Waals surface area contributed by atoms with Crippen LogP contribution in [-0.2, 0) is 14.3 Å². The van der Waals surface area contributed by atoms with Crippen LogP contribution in [0.2, 0.25) is 0 Å². The Morgan fingerprint density at radius 2 is 1.62 bits per heavy atom. The molecule has 0 fully saturated rings. The minimum atomic E-state index is -1.07. The normalized spacial score (nSPS) is 17.5. The van der Waals surface area contributed by atoms with Crippen molar-refractivity contribution >= 4 is 11.8 Å². The molecule has 0 aromatic heterocycles. The monoisotopic (exact) mass is 340 g/mol. The highest BCUT2D eigenvalue weighted by Crippen LogP contribution is 2.34. The second-order valence-corrected chi connectivity index (χ2v) is 8.54. The van der Waals surface area contributed by atoms with Crippen molar-refractivity contribution < 1.29 is 19.4 Å². The number of Topliss-reactive ketones (excluding diaryl/α,β-unsaturated/α-hetero) is 1. The summed E-state index contributed by atoms with van der Waals surface area (Å²) < 4.78 is 5.24. The lowest BCUT2D eigenvalue weighted by Crippen LogP contribution is -2.44. The average molecular weight is 341 g/mol. The molecule has 0 amide bonds. The third kappa shape index (κ3) is 6.76. The van der Waals surface area contributed by atoms with Gasteiger partial charge in [-0.1, -0.05) is 40.7 Å². The minimum Gasteiger partial charge on any atom is -0.460 e. The van der Waals surface area contributed by atoms with Crippen molar-refractivity contribution in [2.45, 2.75) is 79.9 Å². The predicted octanol–water partition coefficient (Wildman–Crippen LogP) is 4.16. The molecule has 4 heteroatoms. The van der Waals surface area contributed by atoms with E-state index in [0.717, 1.165) is 6.42 Å². The van der Waals surface area contributed by atoms with Crippen molar-refractivity contribution in [3.8, 4) is 0 Å². The van der Waals surface area contributed by atoms with Crippen molar-refractivity contribution in [2.24, 2.45) is 23.2 Å². The zero-order valence-corrected chi connectivity index (χ0v) is 16.7. The fraction of sp³-hybridized carbons (Fsp3) is 0.800. The molecular weight excluding hydrogens is 304 g/mol. The summed E-state index contributed by atoms with van der Waals surface area (Å²) in [5.74, 6) is -0.217. The minimum absolute atomic E-state index is 0.0260. The average Bonchev–Trinajstić information content (AvgIpc) is 2.42. The molecule has 0 heterocycles. The van der Waals surface area contributed by atoms with Crippen molar-refractivity contribution in [2.75, 3.05) is 0 Å². The van der Waals surface area contributed by atoms with E-state index in [4.69, 9.17) is 4.74 Å². The number of ether oxygens (including phenoxy) is 1. The molecule has 0 aromatic carbocycles. The molecule has 0 aliphatic rings. The van der Waals surface area contributed by atoms with Gasteiger partial charge in [0.05, 0.1) is 17.9 Å². The van der Waals surface area contributed by atoms with Gasteiger partial charge in [0.15, 0.2) is 0 Å². The van der Waals surface area contributed by atoms with E-state index in [2.05, 4.69) is 13.5 Å². The van der Waals surface area contributed by atoms with Gasteiger partial charge < -0.3 is 9.84 Å². The third-order valence-electron chi connectivity index (χ3n) is 4.89. The molecule has 0 spiro atoms.